The van der Waals surface area contributed by atoms with E-state index in [0.717, 1.165) is 0 Å². The average Bonchev–Trinajstić information content (AvgIpc) is 2.43. The van der Waals surface area contributed by atoms with Crippen LogP contribution in [0.15, 0.2) is 24.3 Å². The van der Waals surface area contributed by atoms with Crippen molar-refractivity contribution in [1.82, 2.24) is 0 Å². The highest BCUT2D eigenvalue weighted by molar-refractivity contribution is 5.74. The van der Waals surface area contributed by atoms with Gasteiger partial charge in [0.2, 0.25) is 6.29 Å². The third kappa shape index (κ3) is 2.93. The van der Waals surface area contributed by atoms with Gasteiger partial charge in [0.05, 0.1) is 6.10 Å². The molecule has 6 heteroatoms. The fraction of sp³-hybridized carbons (Fsp3) is 0.462. The minimum atomic E-state index is -1.35. The Hall–Kier alpha value is -1.47. The van der Waals surface area contributed by atoms with Crippen molar-refractivity contribution in [3.05, 3.63) is 29.8 Å². The zero-order chi connectivity index (χ0) is 14.0. The second kappa shape index (κ2) is 5.66. The predicted molar refractivity (Wildman–Crippen MR) is 64.8 cm³/mol. The number of benzene rings is 1. The number of aliphatic hydroxyl groups excluding tert-OH is 3. The van der Waals surface area contributed by atoms with Crippen LogP contribution in [0.5, 0.6) is 5.75 Å². The summed E-state index contributed by atoms with van der Waals surface area (Å²) >= 11 is 0. The lowest BCUT2D eigenvalue weighted by Gasteiger charge is -2.38. The van der Waals surface area contributed by atoms with Crippen LogP contribution in [0.3, 0.4) is 0 Å². The lowest BCUT2D eigenvalue weighted by molar-refractivity contribution is -0.268. The molecule has 1 aliphatic heterocycles. The molecule has 104 valence electrons. The molecule has 1 heterocycles. The van der Waals surface area contributed by atoms with Crippen molar-refractivity contribution in [3.63, 3.8) is 0 Å². The van der Waals surface area contributed by atoms with Crippen molar-refractivity contribution in [3.8, 4) is 5.75 Å². The van der Waals surface area contributed by atoms with E-state index < -0.39 is 30.7 Å². The monoisotopic (exact) mass is 268 g/mol. The maximum absolute atomic E-state index is 10.5. The molecule has 2 rings (SSSR count). The number of aliphatic hydroxyl groups is 3. The number of ether oxygens (including phenoxy) is 2. The number of carbonyl (C=O) groups excluding carboxylic acids is 1. The summed E-state index contributed by atoms with van der Waals surface area (Å²) in [5.41, 5.74) is 0.501. The maximum atomic E-state index is 10.5. The number of hydrogen-bond acceptors (Lipinski definition) is 6. The van der Waals surface area contributed by atoms with E-state index in [2.05, 4.69) is 0 Å². The molecular formula is C13H16O6. The van der Waals surface area contributed by atoms with Crippen molar-refractivity contribution < 1.29 is 29.6 Å². The molecule has 1 aromatic carbocycles. The minimum absolute atomic E-state index is 0.394. The molecule has 0 aliphatic carbocycles. The fourth-order valence-corrected chi connectivity index (χ4v) is 1.87. The first-order valence-electron chi connectivity index (χ1n) is 5.94. The van der Waals surface area contributed by atoms with Gasteiger partial charge < -0.3 is 24.8 Å². The van der Waals surface area contributed by atoms with E-state index in [1.165, 1.54) is 0 Å². The Morgan fingerprint density at radius 2 is 1.74 bits per heavy atom. The van der Waals surface area contributed by atoms with Gasteiger partial charge in [0.15, 0.2) is 0 Å². The summed E-state index contributed by atoms with van der Waals surface area (Å²) in [6.45, 7) is 1.58. The Morgan fingerprint density at radius 3 is 2.32 bits per heavy atom. The number of aldehydes is 1. The van der Waals surface area contributed by atoms with Crippen LogP contribution in [-0.2, 0) is 4.74 Å². The van der Waals surface area contributed by atoms with Gasteiger partial charge in [-0.25, -0.2) is 0 Å². The van der Waals surface area contributed by atoms with Crippen LogP contribution in [0, 0.1) is 0 Å². The third-order valence-corrected chi connectivity index (χ3v) is 3.08. The summed E-state index contributed by atoms with van der Waals surface area (Å²) < 4.78 is 10.7. The van der Waals surface area contributed by atoms with Crippen LogP contribution >= 0.6 is 0 Å². The van der Waals surface area contributed by atoms with Gasteiger partial charge in [-0.2, -0.15) is 0 Å². The number of rotatable bonds is 3. The van der Waals surface area contributed by atoms with Gasteiger partial charge in [0.25, 0.3) is 0 Å². The zero-order valence-electron chi connectivity index (χ0n) is 10.3. The molecule has 3 N–H and O–H groups in total. The molecule has 6 nitrogen and oxygen atoms in total. The summed E-state index contributed by atoms with van der Waals surface area (Å²) in [6, 6.07) is 6.24. The molecular weight excluding hydrogens is 252 g/mol. The van der Waals surface area contributed by atoms with Crippen molar-refractivity contribution in [2.75, 3.05) is 0 Å². The normalized spacial score (nSPS) is 34.8. The molecule has 1 aliphatic rings. The second-order valence-corrected chi connectivity index (χ2v) is 4.49. The zero-order valence-corrected chi connectivity index (χ0v) is 10.3. The molecule has 1 aromatic rings. The highest BCUT2D eigenvalue weighted by Gasteiger charge is 2.43. The first kappa shape index (κ1) is 14.0. The topological polar surface area (TPSA) is 96.2 Å². The van der Waals surface area contributed by atoms with E-state index >= 15 is 0 Å². The molecule has 5 unspecified atom stereocenters. The average molecular weight is 268 g/mol. The van der Waals surface area contributed by atoms with Crippen molar-refractivity contribution in [1.29, 1.82) is 0 Å². The number of carbonyl (C=O) groups is 1. The molecule has 5 atom stereocenters. The van der Waals surface area contributed by atoms with E-state index in [1.807, 2.05) is 0 Å². The smallest absolute Gasteiger partial charge is 0.229 e. The van der Waals surface area contributed by atoms with E-state index in [9.17, 15) is 20.1 Å². The highest BCUT2D eigenvalue weighted by Crippen LogP contribution is 2.24. The van der Waals surface area contributed by atoms with Gasteiger partial charge in [-0.15, -0.1) is 0 Å². The lowest BCUT2D eigenvalue weighted by atomic mass is 10.00. The maximum Gasteiger partial charge on any atom is 0.229 e. The molecule has 0 spiro atoms. The van der Waals surface area contributed by atoms with Crippen LogP contribution in [0.1, 0.15) is 17.3 Å². The third-order valence-electron chi connectivity index (χ3n) is 3.08. The Morgan fingerprint density at radius 1 is 1.11 bits per heavy atom. The van der Waals surface area contributed by atoms with Crippen molar-refractivity contribution >= 4 is 6.29 Å². The first-order valence-corrected chi connectivity index (χ1v) is 5.94. The quantitative estimate of drug-likeness (QED) is 0.652. The van der Waals surface area contributed by atoms with Crippen molar-refractivity contribution in [2.24, 2.45) is 0 Å². The SMILES string of the molecule is CC1OC(Oc2ccc(C=O)cc2)C(O)C(O)C1O. The summed E-state index contributed by atoms with van der Waals surface area (Å²) in [4.78, 5) is 10.5. The summed E-state index contributed by atoms with van der Waals surface area (Å²) in [5.74, 6) is 0.394. The Balaban J connectivity index is 2.07. The molecule has 0 amide bonds. The lowest BCUT2D eigenvalue weighted by Crippen LogP contribution is -2.58. The van der Waals surface area contributed by atoms with Crippen molar-refractivity contribution in [2.45, 2.75) is 37.6 Å². The fourth-order valence-electron chi connectivity index (χ4n) is 1.87. The first-order chi connectivity index (χ1) is 9.02. The van der Waals surface area contributed by atoms with Crippen LogP contribution in [0.2, 0.25) is 0 Å². The minimum Gasteiger partial charge on any atom is -0.462 e. The van der Waals surface area contributed by atoms with Gasteiger partial charge in [-0.3, -0.25) is 4.79 Å². The van der Waals surface area contributed by atoms with E-state index in [4.69, 9.17) is 9.47 Å². The predicted octanol–water partition coefficient (Wildman–Crippen LogP) is -0.295. The Bertz CT molecular complexity index is 431. The van der Waals surface area contributed by atoms with Gasteiger partial charge in [0, 0.05) is 5.56 Å². The van der Waals surface area contributed by atoms with Crippen LogP contribution in [0.25, 0.3) is 0 Å². The van der Waals surface area contributed by atoms with E-state index in [1.54, 1.807) is 31.2 Å². The largest absolute Gasteiger partial charge is 0.462 e. The summed E-state index contributed by atoms with van der Waals surface area (Å²) in [5, 5.41) is 29.0. The van der Waals surface area contributed by atoms with Crippen LogP contribution in [0.4, 0.5) is 0 Å². The summed E-state index contributed by atoms with van der Waals surface area (Å²) in [6.07, 6.45) is -4.86. The molecule has 0 saturated carbocycles. The van der Waals surface area contributed by atoms with E-state index in [-0.39, 0.29) is 0 Å². The van der Waals surface area contributed by atoms with Gasteiger partial charge in [-0.1, -0.05) is 0 Å². The van der Waals surface area contributed by atoms with Gasteiger partial charge >= 0.3 is 0 Å². The van der Waals surface area contributed by atoms with Crippen LogP contribution < -0.4 is 4.74 Å². The van der Waals surface area contributed by atoms with Gasteiger partial charge in [-0.05, 0) is 31.2 Å². The highest BCUT2D eigenvalue weighted by atomic mass is 16.7. The molecule has 0 aromatic heterocycles. The summed E-state index contributed by atoms with van der Waals surface area (Å²) in [7, 11) is 0. The molecule has 1 fully saturated rings. The van der Waals surface area contributed by atoms with E-state index in [0.29, 0.717) is 17.6 Å². The van der Waals surface area contributed by atoms with Gasteiger partial charge in [0.1, 0.15) is 30.3 Å². The molecule has 0 radical (unpaired) electrons. The Labute approximate surface area is 110 Å². The second-order valence-electron chi connectivity index (χ2n) is 4.49. The molecule has 19 heavy (non-hydrogen) atoms. The standard InChI is InChI=1S/C13H16O6/c1-7-10(15)11(16)12(17)13(18-7)19-9-4-2-8(6-14)3-5-9/h2-7,10-13,15-17H,1H3. The molecule has 1 saturated heterocycles. The number of hydrogen-bond donors (Lipinski definition) is 3. The Kier molecular flexibility index (Phi) is 4.16. The van der Waals surface area contributed by atoms with Crippen LogP contribution in [-0.4, -0.2) is 52.3 Å². The molecule has 0 bridgehead atoms.